The molecule has 0 saturated heterocycles. The van der Waals surface area contributed by atoms with Gasteiger partial charge in [0.05, 0.1) is 6.61 Å². The zero-order valence-electron chi connectivity index (χ0n) is 11.7. The second kappa shape index (κ2) is 7.88. The first kappa shape index (κ1) is 14.7. The van der Waals surface area contributed by atoms with Gasteiger partial charge in [0.25, 0.3) is 0 Å². The predicted octanol–water partition coefficient (Wildman–Crippen LogP) is 4.92. The summed E-state index contributed by atoms with van der Waals surface area (Å²) >= 11 is 0. The third-order valence-corrected chi connectivity index (χ3v) is 8.74. The predicted molar refractivity (Wildman–Crippen MR) is 78.8 cm³/mol. The van der Waals surface area contributed by atoms with Crippen LogP contribution in [-0.4, -0.2) is 14.9 Å². The Labute approximate surface area is 108 Å². The zero-order valence-corrected chi connectivity index (χ0v) is 12.7. The molecule has 0 amide bonds. The smallest absolute Gasteiger partial charge is 0.192 e. The van der Waals surface area contributed by atoms with Crippen LogP contribution in [0.5, 0.6) is 0 Å². The quantitative estimate of drug-likeness (QED) is 0.461. The Hall–Kier alpha value is -0.343. The minimum Gasteiger partial charge on any atom is -0.413 e. The van der Waals surface area contributed by atoms with Crippen LogP contribution in [0.4, 0.5) is 0 Å². The average molecular weight is 252 g/mol. The standard InChI is InChI=1S/C15H28OSi/c1-4-17(5-2,6-3)16-14-10-13-15-11-8-7-9-12-15/h8,10-11,13,15H,4-7,9,12,14H2,1-3H3/b13-10+. The number of rotatable bonds is 7. The molecule has 98 valence electrons. The van der Waals surface area contributed by atoms with Gasteiger partial charge in [0, 0.05) is 0 Å². The third-order valence-electron chi connectivity index (χ3n) is 4.09. The van der Waals surface area contributed by atoms with Gasteiger partial charge in [-0.15, -0.1) is 0 Å². The van der Waals surface area contributed by atoms with Gasteiger partial charge in [0.1, 0.15) is 0 Å². The first-order chi connectivity index (χ1) is 8.26. The van der Waals surface area contributed by atoms with Crippen molar-refractivity contribution >= 4 is 8.32 Å². The van der Waals surface area contributed by atoms with Gasteiger partial charge in [0.15, 0.2) is 8.32 Å². The Morgan fingerprint density at radius 1 is 1.24 bits per heavy atom. The summed E-state index contributed by atoms with van der Waals surface area (Å²) in [5.41, 5.74) is 0. The number of allylic oxidation sites excluding steroid dienone is 3. The Morgan fingerprint density at radius 3 is 2.47 bits per heavy atom. The third kappa shape index (κ3) is 4.80. The van der Waals surface area contributed by atoms with E-state index in [9.17, 15) is 0 Å². The molecule has 0 fully saturated rings. The van der Waals surface area contributed by atoms with Gasteiger partial charge < -0.3 is 4.43 Å². The molecule has 1 unspecified atom stereocenters. The van der Waals surface area contributed by atoms with Gasteiger partial charge in [-0.2, -0.15) is 0 Å². The van der Waals surface area contributed by atoms with Gasteiger partial charge in [0.2, 0.25) is 0 Å². The van der Waals surface area contributed by atoms with Crippen LogP contribution in [0.25, 0.3) is 0 Å². The highest BCUT2D eigenvalue weighted by molar-refractivity contribution is 6.73. The molecule has 1 nitrogen and oxygen atoms in total. The van der Waals surface area contributed by atoms with Gasteiger partial charge in [-0.3, -0.25) is 0 Å². The highest BCUT2D eigenvalue weighted by Gasteiger charge is 2.27. The molecular weight excluding hydrogens is 224 g/mol. The van der Waals surface area contributed by atoms with Crippen LogP contribution in [0.1, 0.15) is 40.0 Å². The second-order valence-corrected chi connectivity index (χ2v) is 9.78. The van der Waals surface area contributed by atoms with E-state index in [1.165, 1.54) is 37.4 Å². The van der Waals surface area contributed by atoms with Crippen LogP contribution in [0.15, 0.2) is 24.3 Å². The van der Waals surface area contributed by atoms with Crippen LogP contribution in [0.2, 0.25) is 18.1 Å². The van der Waals surface area contributed by atoms with E-state index in [-0.39, 0.29) is 0 Å². The first-order valence-corrected chi connectivity index (χ1v) is 9.76. The molecule has 0 aromatic rings. The molecule has 0 N–H and O–H groups in total. The molecule has 0 radical (unpaired) electrons. The Bertz CT molecular complexity index is 245. The Morgan fingerprint density at radius 2 is 1.94 bits per heavy atom. The minimum atomic E-state index is -1.37. The van der Waals surface area contributed by atoms with Crippen LogP contribution < -0.4 is 0 Å². The average Bonchev–Trinajstić information content (AvgIpc) is 2.41. The molecule has 0 bridgehead atoms. The van der Waals surface area contributed by atoms with Gasteiger partial charge >= 0.3 is 0 Å². The van der Waals surface area contributed by atoms with E-state index in [0.717, 1.165) is 6.61 Å². The monoisotopic (exact) mass is 252 g/mol. The molecule has 1 aliphatic carbocycles. The number of hydrogen-bond acceptors (Lipinski definition) is 1. The summed E-state index contributed by atoms with van der Waals surface area (Å²) in [7, 11) is -1.37. The minimum absolute atomic E-state index is 0.660. The topological polar surface area (TPSA) is 9.23 Å². The maximum atomic E-state index is 6.20. The van der Waals surface area contributed by atoms with Gasteiger partial charge in [-0.05, 0) is 43.3 Å². The van der Waals surface area contributed by atoms with E-state index in [1.807, 2.05) is 0 Å². The molecule has 1 rings (SSSR count). The van der Waals surface area contributed by atoms with Crippen molar-refractivity contribution in [3.8, 4) is 0 Å². The molecule has 1 aliphatic rings. The Balaban J connectivity index is 2.32. The van der Waals surface area contributed by atoms with Crippen molar-refractivity contribution in [2.75, 3.05) is 6.61 Å². The lowest BCUT2D eigenvalue weighted by Crippen LogP contribution is -2.35. The lowest BCUT2D eigenvalue weighted by Gasteiger charge is -2.27. The molecule has 1 atom stereocenters. The van der Waals surface area contributed by atoms with Crippen molar-refractivity contribution in [2.24, 2.45) is 5.92 Å². The summed E-state index contributed by atoms with van der Waals surface area (Å²) in [4.78, 5) is 0. The van der Waals surface area contributed by atoms with Crippen molar-refractivity contribution < 1.29 is 4.43 Å². The maximum absolute atomic E-state index is 6.20. The highest BCUT2D eigenvalue weighted by atomic mass is 28.4. The molecule has 0 aliphatic heterocycles. The zero-order chi connectivity index (χ0) is 12.6. The largest absolute Gasteiger partial charge is 0.413 e. The molecule has 0 aromatic heterocycles. The maximum Gasteiger partial charge on any atom is 0.192 e. The van der Waals surface area contributed by atoms with Crippen molar-refractivity contribution in [2.45, 2.75) is 58.2 Å². The lowest BCUT2D eigenvalue weighted by atomic mass is 9.96. The lowest BCUT2D eigenvalue weighted by molar-refractivity contribution is 0.342. The van der Waals surface area contributed by atoms with Gasteiger partial charge in [-0.1, -0.05) is 45.1 Å². The fraction of sp³-hybridized carbons (Fsp3) is 0.733. The summed E-state index contributed by atoms with van der Waals surface area (Å²) in [6.07, 6.45) is 13.1. The molecular formula is C15H28OSi. The molecule has 0 saturated carbocycles. The van der Waals surface area contributed by atoms with Crippen LogP contribution in [0, 0.1) is 5.92 Å². The van der Waals surface area contributed by atoms with Crippen molar-refractivity contribution in [3.05, 3.63) is 24.3 Å². The van der Waals surface area contributed by atoms with E-state index < -0.39 is 8.32 Å². The SMILES string of the molecule is CC[Si](CC)(CC)OC/C=C/C1C=CCCC1. The van der Waals surface area contributed by atoms with Crippen LogP contribution in [0.3, 0.4) is 0 Å². The Kier molecular flexibility index (Phi) is 6.82. The normalized spacial score (nSPS) is 21.2. The number of hydrogen-bond donors (Lipinski definition) is 0. The summed E-state index contributed by atoms with van der Waals surface area (Å²) in [6.45, 7) is 7.68. The summed E-state index contributed by atoms with van der Waals surface area (Å²) in [5.74, 6) is 0.660. The molecule has 0 aromatic carbocycles. The molecule has 17 heavy (non-hydrogen) atoms. The van der Waals surface area contributed by atoms with E-state index >= 15 is 0 Å². The van der Waals surface area contributed by atoms with E-state index in [1.54, 1.807) is 0 Å². The van der Waals surface area contributed by atoms with Gasteiger partial charge in [-0.25, -0.2) is 0 Å². The van der Waals surface area contributed by atoms with Crippen molar-refractivity contribution in [3.63, 3.8) is 0 Å². The van der Waals surface area contributed by atoms with E-state index in [2.05, 4.69) is 45.1 Å². The van der Waals surface area contributed by atoms with Crippen LogP contribution >= 0.6 is 0 Å². The first-order valence-electron chi connectivity index (χ1n) is 7.23. The summed E-state index contributed by atoms with van der Waals surface area (Å²) in [5, 5.41) is 0. The fourth-order valence-electron chi connectivity index (χ4n) is 2.51. The second-order valence-electron chi connectivity index (χ2n) is 5.01. The molecule has 0 heterocycles. The molecule has 0 spiro atoms. The van der Waals surface area contributed by atoms with Crippen molar-refractivity contribution in [1.82, 2.24) is 0 Å². The summed E-state index contributed by atoms with van der Waals surface area (Å²) in [6, 6.07) is 3.74. The fourth-order valence-corrected chi connectivity index (χ4v) is 5.07. The molecule has 2 heteroatoms. The highest BCUT2D eigenvalue weighted by Crippen LogP contribution is 2.22. The van der Waals surface area contributed by atoms with Crippen molar-refractivity contribution in [1.29, 1.82) is 0 Å². The van der Waals surface area contributed by atoms with E-state index in [4.69, 9.17) is 4.43 Å². The van der Waals surface area contributed by atoms with Crippen LogP contribution in [-0.2, 0) is 4.43 Å². The summed E-state index contributed by atoms with van der Waals surface area (Å²) < 4.78 is 6.20. The van der Waals surface area contributed by atoms with E-state index in [0.29, 0.717) is 5.92 Å².